The van der Waals surface area contributed by atoms with E-state index in [4.69, 9.17) is 4.74 Å². The predicted molar refractivity (Wildman–Crippen MR) is 114 cm³/mol. The molecule has 1 aliphatic carbocycles. The molecule has 1 aromatic rings. The second-order valence-corrected chi connectivity index (χ2v) is 8.60. The first-order valence-corrected chi connectivity index (χ1v) is 10.9. The maximum absolute atomic E-state index is 12.9. The zero-order valence-corrected chi connectivity index (χ0v) is 18.0. The Balaban J connectivity index is 1.54. The minimum atomic E-state index is -0.680. The van der Waals surface area contributed by atoms with E-state index in [9.17, 15) is 9.59 Å². The molecule has 158 valence electrons. The largest absolute Gasteiger partial charge is 0.451 e. The van der Waals surface area contributed by atoms with E-state index in [1.54, 1.807) is 6.92 Å². The summed E-state index contributed by atoms with van der Waals surface area (Å²) in [7, 11) is 0. The van der Waals surface area contributed by atoms with E-state index in [-0.39, 0.29) is 11.9 Å². The van der Waals surface area contributed by atoms with Gasteiger partial charge in [0.1, 0.15) is 5.60 Å². The van der Waals surface area contributed by atoms with Crippen molar-refractivity contribution < 1.29 is 14.3 Å². The number of esters is 1. The van der Waals surface area contributed by atoms with Crippen molar-refractivity contribution in [3.05, 3.63) is 47.0 Å². The van der Waals surface area contributed by atoms with Gasteiger partial charge in [-0.15, -0.1) is 0 Å². The van der Waals surface area contributed by atoms with Gasteiger partial charge in [0.05, 0.1) is 5.57 Å². The number of nitrogens with zero attached hydrogens (tertiary/aromatic N) is 1. The fourth-order valence-electron chi connectivity index (χ4n) is 4.51. The third-order valence-corrected chi connectivity index (χ3v) is 6.18. The summed E-state index contributed by atoms with van der Waals surface area (Å²) >= 11 is 0. The molecule has 1 amide bonds. The Labute approximate surface area is 174 Å². The van der Waals surface area contributed by atoms with Gasteiger partial charge in [-0.05, 0) is 58.4 Å². The highest BCUT2D eigenvalue weighted by molar-refractivity contribution is 6.07. The van der Waals surface area contributed by atoms with E-state index in [1.807, 2.05) is 6.07 Å². The molecule has 0 saturated heterocycles. The minimum Gasteiger partial charge on any atom is -0.451 e. The molecule has 1 aromatic carbocycles. The van der Waals surface area contributed by atoms with Gasteiger partial charge in [-0.3, -0.25) is 9.69 Å². The lowest BCUT2D eigenvalue weighted by atomic mass is 9.78. The van der Waals surface area contributed by atoms with Crippen LogP contribution in [0.3, 0.4) is 0 Å². The van der Waals surface area contributed by atoms with Gasteiger partial charge in [-0.2, -0.15) is 0 Å². The van der Waals surface area contributed by atoms with Crippen molar-refractivity contribution in [2.75, 3.05) is 13.1 Å². The molecule has 3 rings (SSSR count). The molecule has 0 aromatic heterocycles. The molecule has 0 unspecified atom stereocenters. The molecule has 1 spiro atoms. The van der Waals surface area contributed by atoms with Crippen LogP contribution < -0.4 is 5.32 Å². The lowest BCUT2D eigenvalue weighted by Crippen LogP contribution is -2.42. The molecule has 1 heterocycles. The number of hydrogen-bond donors (Lipinski definition) is 1. The van der Waals surface area contributed by atoms with Gasteiger partial charge in [0, 0.05) is 31.2 Å². The second kappa shape index (κ2) is 9.57. The Morgan fingerprint density at radius 3 is 2.52 bits per heavy atom. The number of ether oxygens (including phenoxy) is 1. The maximum Gasteiger partial charge on any atom is 0.335 e. The van der Waals surface area contributed by atoms with Crippen LogP contribution in [0, 0.1) is 0 Å². The highest BCUT2D eigenvalue weighted by Gasteiger charge is 2.49. The van der Waals surface area contributed by atoms with Crippen LogP contribution in [0.1, 0.15) is 64.9 Å². The molecule has 29 heavy (non-hydrogen) atoms. The van der Waals surface area contributed by atoms with Gasteiger partial charge >= 0.3 is 5.97 Å². The Kier molecular flexibility index (Phi) is 7.12. The molecule has 2 aliphatic rings. The zero-order chi connectivity index (χ0) is 20.9. The number of hydrogen-bond acceptors (Lipinski definition) is 4. The quantitative estimate of drug-likeness (QED) is 0.532. The van der Waals surface area contributed by atoms with Crippen LogP contribution in [-0.2, 0) is 20.9 Å². The van der Waals surface area contributed by atoms with Crippen LogP contribution in [0.2, 0.25) is 0 Å². The van der Waals surface area contributed by atoms with Crippen molar-refractivity contribution in [3.63, 3.8) is 0 Å². The minimum absolute atomic E-state index is 0.130. The fraction of sp³-hybridized carbons (Fsp3) is 0.583. The number of benzene rings is 1. The van der Waals surface area contributed by atoms with E-state index in [0.29, 0.717) is 23.7 Å². The molecule has 1 N–H and O–H groups in total. The summed E-state index contributed by atoms with van der Waals surface area (Å²) in [5.41, 5.74) is 1.68. The van der Waals surface area contributed by atoms with Crippen LogP contribution in [-0.4, -0.2) is 41.5 Å². The Morgan fingerprint density at radius 1 is 1.17 bits per heavy atom. The Bertz CT molecular complexity index is 749. The van der Waals surface area contributed by atoms with Gasteiger partial charge in [0.25, 0.3) is 5.91 Å². The van der Waals surface area contributed by atoms with Gasteiger partial charge < -0.3 is 10.1 Å². The summed E-state index contributed by atoms with van der Waals surface area (Å²) in [6.07, 6.45) is 5.53. The number of carbonyl (C=O) groups is 2. The Hall–Kier alpha value is -2.14. The summed E-state index contributed by atoms with van der Waals surface area (Å²) in [5, 5.41) is 3.05. The lowest BCUT2D eigenvalue weighted by Gasteiger charge is -2.34. The highest BCUT2D eigenvalue weighted by Crippen LogP contribution is 2.43. The molecular formula is C24H34N2O3. The standard InChI is InChI=1S/C24H34N2O3/c1-18(2)26(17-20-11-6-4-7-12-20)16-10-15-25-22(27)21-19(3)23(28)29-24(21)13-8-5-9-14-24/h4,6-7,11-12,18H,5,8-10,13-17H2,1-3H3,(H,25,27). The monoisotopic (exact) mass is 398 g/mol. The summed E-state index contributed by atoms with van der Waals surface area (Å²) in [6.45, 7) is 8.53. The molecule has 0 radical (unpaired) electrons. The number of nitrogens with one attached hydrogen (secondary N) is 1. The molecule has 0 atom stereocenters. The Morgan fingerprint density at radius 2 is 1.86 bits per heavy atom. The topological polar surface area (TPSA) is 58.6 Å². The summed E-state index contributed by atoms with van der Waals surface area (Å²) in [6, 6.07) is 10.9. The number of rotatable bonds is 8. The van der Waals surface area contributed by atoms with Crippen molar-refractivity contribution >= 4 is 11.9 Å². The van der Waals surface area contributed by atoms with Crippen LogP contribution in [0.4, 0.5) is 0 Å². The smallest absolute Gasteiger partial charge is 0.335 e. The normalized spacial score (nSPS) is 18.6. The lowest BCUT2D eigenvalue weighted by molar-refractivity contribution is -0.149. The van der Waals surface area contributed by atoms with Gasteiger partial charge in [0.2, 0.25) is 0 Å². The number of carbonyl (C=O) groups excluding carboxylic acids is 2. The van der Waals surface area contributed by atoms with E-state index < -0.39 is 5.60 Å². The number of amides is 1. The molecular weight excluding hydrogens is 364 g/mol. The van der Waals surface area contributed by atoms with Crippen molar-refractivity contribution in [2.45, 2.75) is 77.5 Å². The van der Waals surface area contributed by atoms with E-state index in [1.165, 1.54) is 5.56 Å². The van der Waals surface area contributed by atoms with E-state index >= 15 is 0 Å². The molecule has 0 bridgehead atoms. The zero-order valence-electron chi connectivity index (χ0n) is 18.0. The van der Waals surface area contributed by atoms with Crippen LogP contribution >= 0.6 is 0 Å². The first-order valence-electron chi connectivity index (χ1n) is 10.9. The molecule has 5 heteroatoms. The van der Waals surface area contributed by atoms with Crippen molar-refractivity contribution in [1.82, 2.24) is 10.2 Å². The third kappa shape index (κ3) is 5.08. The van der Waals surface area contributed by atoms with Crippen molar-refractivity contribution in [3.8, 4) is 0 Å². The molecule has 1 fully saturated rings. The molecule has 1 aliphatic heterocycles. The summed E-state index contributed by atoms with van der Waals surface area (Å²) < 4.78 is 5.70. The molecule has 1 saturated carbocycles. The van der Waals surface area contributed by atoms with Crippen LogP contribution in [0.15, 0.2) is 41.5 Å². The SMILES string of the molecule is CC1=C(C(=O)NCCCN(Cc2ccccc2)C(C)C)C2(CCCCC2)OC1=O. The van der Waals surface area contributed by atoms with E-state index in [0.717, 1.165) is 51.6 Å². The predicted octanol–water partition coefficient (Wildman–Crippen LogP) is 3.98. The van der Waals surface area contributed by atoms with Crippen LogP contribution in [0.25, 0.3) is 0 Å². The first kappa shape index (κ1) is 21.6. The summed E-state index contributed by atoms with van der Waals surface area (Å²) in [4.78, 5) is 27.5. The average molecular weight is 399 g/mol. The fourth-order valence-corrected chi connectivity index (χ4v) is 4.51. The van der Waals surface area contributed by atoms with E-state index in [2.05, 4.69) is 48.3 Å². The van der Waals surface area contributed by atoms with Gasteiger partial charge in [0.15, 0.2) is 0 Å². The van der Waals surface area contributed by atoms with Crippen molar-refractivity contribution in [2.24, 2.45) is 0 Å². The first-order chi connectivity index (χ1) is 13.9. The van der Waals surface area contributed by atoms with Crippen LogP contribution in [0.5, 0.6) is 0 Å². The third-order valence-electron chi connectivity index (χ3n) is 6.18. The maximum atomic E-state index is 12.9. The molecule has 5 nitrogen and oxygen atoms in total. The highest BCUT2D eigenvalue weighted by atomic mass is 16.6. The summed E-state index contributed by atoms with van der Waals surface area (Å²) in [5.74, 6) is -0.458. The van der Waals surface area contributed by atoms with Gasteiger partial charge in [-0.1, -0.05) is 36.8 Å². The van der Waals surface area contributed by atoms with Crippen molar-refractivity contribution in [1.29, 1.82) is 0 Å². The average Bonchev–Trinajstić information content (AvgIpc) is 2.94. The second-order valence-electron chi connectivity index (χ2n) is 8.60. The van der Waals surface area contributed by atoms with Gasteiger partial charge in [-0.25, -0.2) is 4.79 Å².